The molecule has 5 nitrogen and oxygen atoms in total. The van der Waals surface area contributed by atoms with Crippen LogP contribution in [0.4, 0.5) is 5.69 Å². The van der Waals surface area contributed by atoms with Gasteiger partial charge in [-0.3, -0.25) is 4.79 Å². The SMILES string of the molecule is CCCCCCC(=O)N=Nc1c(O)n(CCCC)c2ccc(C)cc12. The van der Waals surface area contributed by atoms with Crippen molar-refractivity contribution in [2.75, 3.05) is 0 Å². The van der Waals surface area contributed by atoms with Gasteiger partial charge in [-0.15, -0.1) is 10.2 Å². The van der Waals surface area contributed by atoms with Crippen molar-refractivity contribution in [1.82, 2.24) is 4.57 Å². The number of carbonyl (C=O) groups excluding carboxylic acids is 1. The number of benzene rings is 1. The molecule has 0 aliphatic heterocycles. The van der Waals surface area contributed by atoms with Gasteiger partial charge in [-0.25, -0.2) is 0 Å². The summed E-state index contributed by atoms with van der Waals surface area (Å²) in [6.45, 7) is 6.98. The highest BCUT2D eigenvalue weighted by Crippen LogP contribution is 2.39. The van der Waals surface area contributed by atoms with Crippen molar-refractivity contribution < 1.29 is 9.90 Å². The largest absolute Gasteiger partial charge is 0.493 e. The Morgan fingerprint density at radius 2 is 1.88 bits per heavy atom. The zero-order chi connectivity index (χ0) is 18.2. The zero-order valence-electron chi connectivity index (χ0n) is 15.6. The fourth-order valence-electron chi connectivity index (χ4n) is 2.94. The lowest BCUT2D eigenvalue weighted by molar-refractivity contribution is -0.118. The van der Waals surface area contributed by atoms with Crippen molar-refractivity contribution in [1.29, 1.82) is 0 Å². The van der Waals surface area contributed by atoms with E-state index in [4.69, 9.17) is 0 Å². The van der Waals surface area contributed by atoms with Gasteiger partial charge < -0.3 is 9.67 Å². The van der Waals surface area contributed by atoms with Crippen LogP contribution in [-0.2, 0) is 11.3 Å². The highest BCUT2D eigenvalue weighted by Gasteiger charge is 2.16. The summed E-state index contributed by atoms with van der Waals surface area (Å²) >= 11 is 0. The molecular formula is C20H29N3O2. The van der Waals surface area contributed by atoms with Crippen molar-refractivity contribution in [3.05, 3.63) is 23.8 Å². The first-order chi connectivity index (χ1) is 12.1. The number of rotatable bonds is 9. The Balaban J connectivity index is 2.24. The summed E-state index contributed by atoms with van der Waals surface area (Å²) in [4.78, 5) is 11.9. The first-order valence-electron chi connectivity index (χ1n) is 9.34. The van der Waals surface area contributed by atoms with E-state index in [2.05, 4.69) is 24.1 Å². The number of hydrogen-bond acceptors (Lipinski definition) is 3. The summed E-state index contributed by atoms with van der Waals surface area (Å²) < 4.78 is 1.86. The molecule has 0 spiro atoms. The van der Waals surface area contributed by atoms with Gasteiger partial charge in [-0.05, 0) is 31.9 Å². The molecule has 2 aromatic rings. The van der Waals surface area contributed by atoms with Crippen LogP contribution in [0.1, 0.15) is 64.4 Å². The van der Waals surface area contributed by atoms with Gasteiger partial charge in [0.25, 0.3) is 5.91 Å². The summed E-state index contributed by atoms with van der Waals surface area (Å²) in [6, 6.07) is 5.99. The van der Waals surface area contributed by atoms with Crippen LogP contribution in [0.5, 0.6) is 5.88 Å². The Morgan fingerprint density at radius 3 is 2.60 bits per heavy atom. The number of aromatic hydroxyl groups is 1. The lowest BCUT2D eigenvalue weighted by atomic mass is 10.1. The van der Waals surface area contributed by atoms with Crippen LogP contribution in [0.2, 0.25) is 0 Å². The first kappa shape index (κ1) is 19.2. The molecule has 1 N–H and O–H groups in total. The lowest BCUT2D eigenvalue weighted by Gasteiger charge is -2.05. The Labute approximate surface area is 149 Å². The number of carbonyl (C=O) groups is 1. The monoisotopic (exact) mass is 343 g/mol. The molecule has 5 heteroatoms. The van der Waals surface area contributed by atoms with Crippen molar-refractivity contribution in [2.45, 2.75) is 72.3 Å². The molecule has 0 aliphatic carbocycles. The molecule has 1 amide bonds. The summed E-state index contributed by atoms with van der Waals surface area (Å²) in [5, 5.41) is 19.4. The predicted octanol–water partition coefficient (Wildman–Crippen LogP) is 6.04. The van der Waals surface area contributed by atoms with Gasteiger partial charge in [0.15, 0.2) is 5.69 Å². The molecule has 0 bridgehead atoms. The number of aryl methyl sites for hydroxylation is 2. The molecule has 0 atom stereocenters. The molecule has 25 heavy (non-hydrogen) atoms. The fourth-order valence-corrected chi connectivity index (χ4v) is 2.94. The molecule has 0 fully saturated rings. The average Bonchev–Trinajstić information content (AvgIpc) is 2.85. The number of amides is 1. The van der Waals surface area contributed by atoms with Gasteiger partial charge in [0.05, 0.1) is 5.52 Å². The summed E-state index contributed by atoms with van der Waals surface area (Å²) in [6.07, 6.45) is 6.58. The minimum absolute atomic E-state index is 0.0941. The van der Waals surface area contributed by atoms with E-state index < -0.39 is 0 Å². The molecule has 136 valence electrons. The van der Waals surface area contributed by atoms with E-state index in [0.717, 1.165) is 61.5 Å². The van der Waals surface area contributed by atoms with Gasteiger partial charge in [0, 0.05) is 18.4 Å². The Kier molecular flexibility index (Phi) is 7.16. The Hall–Kier alpha value is -2.17. The van der Waals surface area contributed by atoms with Gasteiger partial charge in [-0.1, -0.05) is 51.2 Å². The highest BCUT2D eigenvalue weighted by atomic mass is 16.3. The minimum Gasteiger partial charge on any atom is -0.493 e. The third-order valence-corrected chi connectivity index (χ3v) is 4.41. The first-order valence-corrected chi connectivity index (χ1v) is 9.34. The molecule has 1 aromatic carbocycles. The third-order valence-electron chi connectivity index (χ3n) is 4.41. The van der Waals surface area contributed by atoms with E-state index in [0.29, 0.717) is 12.1 Å². The number of hydrogen-bond donors (Lipinski definition) is 1. The quantitative estimate of drug-likeness (QED) is 0.446. The van der Waals surface area contributed by atoms with E-state index >= 15 is 0 Å². The van der Waals surface area contributed by atoms with Gasteiger partial charge in [-0.2, -0.15) is 0 Å². The van der Waals surface area contributed by atoms with Crippen LogP contribution in [-0.4, -0.2) is 15.6 Å². The van der Waals surface area contributed by atoms with Crippen LogP contribution in [0, 0.1) is 6.92 Å². The number of aromatic nitrogens is 1. The molecule has 0 aliphatic rings. The van der Waals surface area contributed by atoms with E-state index in [1.54, 1.807) is 0 Å². The molecule has 1 aromatic heterocycles. The number of unbranched alkanes of at least 4 members (excludes halogenated alkanes) is 4. The molecular weight excluding hydrogens is 314 g/mol. The fraction of sp³-hybridized carbons (Fsp3) is 0.550. The van der Waals surface area contributed by atoms with Crippen LogP contribution in [0.25, 0.3) is 10.9 Å². The molecule has 0 saturated carbocycles. The second-order valence-corrected chi connectivity index (χ2v) is 6.60. The number of azo groups is 1. The number of nitrogens with zero attached hydrogens (tertiary/aromatic N) is 3. The van der Waals surface area contributed by atoms with Crippen LogP contribution in [0.3, 0.4) is 0 Å². The summed E-state index contributed by atoms with van der Waals surface area (Å²) in [5.41, 5.74) is 2.42. The Morgan fingerprint density at radius 1 is 1.12 bits per heavy atom. The van der Waals surface area contributed by atoms with Crippen molar-refractivity contribution in [3.63, 3.8) is 0 Å². The van der Waals surface area contributed by atoms with E-state index in [9.17, 15) is 9.90 Å². The standard InChI is InChI=1S/C20H29N3O2/c1-4-6-8-9-10-18(24)21-22-19-16-14-15(3)11-12-17(16)23(20(19)25)13-7-5-2/h11-12,14,25H,4-10,13H2,1-3H3. The molecule has 1 heterocycles. The maximum atomic E-state index is 11.9. The molecule has 2 rings (SSSR count). The highest BCUT2D eigenvalue weighted by molar-refractivity contribution is 5.95. The zero-order valence-corrected chi connectivity index (χ0v) is 15.6. The third kappa shape index (κ3) is 4.91. The second kappa shape index (κ2) is 9.35. The van der Waals surface area contributed by atoms with E-state index in [-0.39, 0.29) is 11.8 Å². The van der Waals surface area contributed by atoms with Crippen molar-refractivity contribution in [2.24, 2.45) is 10.2 Å². The normalized spacial score (nSPS) is 11.6. The number of fused-ring (bicyclic) bond motifs is 1. The van der Waals surface area contributed by atoms with Gasteiger partial charge in [0.2, 0.25) is 5.88 Å². The predicted molar refractivity (Wildman–Crippen MR) is 102 cm³/mol. The average molecular weight is 343 g/mol. The second-order valence-electron chi connectivity index (χ2n) is 6.60. The van der Waals surface area contributed by atoms with Crippen LogP contribution in [0.15, 0.2) is 28.4 Å². The summed E-state index contributed by atoms with van der Waals surface area (Å²) in [7, 11) is 0. The molecule has 0 radical (unpaired) electrons. The van der Waals surface area contributed by atoms with Gasteiger partial charge in [0.1, 0.15) is 0 Å². The lowest BCUT2D eigenvalue weighted by Crippen LogP contribution is -1.96. The van der Waals surface area contributed by atoms with E-state index in [1.165, 1.54) is 0 Å². The van der Waals surface area contributed by atoms with E-state index in [1.807, 2.05) is 29.7 Å². The minimum atomic E-state index is -0.224. The maximum absolute atomic E-state index is 11.9. The molecule has 0 unspecified atom stereocenters. The smallest absolute Gasteiger partial charge is 0.264 e. The molecule has 0 saturated heterocycles. The van der Waals surface area contributed by atoms with Crippen molar-refractivity contribution in [3.8, 4) is 5.88 Å². The van der Waals surface area contributed by atoms with Gasteiger partial charge >= 0.3 is 0 Å². The van der Waals surface area contributed by atoms with Crippen molar-refractivity contribution >= 4 is 22.5 Å². The maximum Gasteiger partial charge on any atom is 0.264 e. The topological polar surface area (TPSA) is 66.9 Å². The van der Waals surface area contributed by atoms with Crippen LogP contribution < -0.4 is 0 Å². The Bertz CT molecular complexity index is 747. The van der Waals surface area contributed by atoms with Crippen LogP contribution >= 0.6 is 0 Å². The summed E-state index contributed by atoms with van der Waals surface area (Å²) in [5.74, 6) is -0.130.